The molecule has 0 spiro atoms. The molecule has 0 saturated heterocycles. The van der Waals surface area contributed by atoms with Crippen molar-refractivity contribution in [2.75, 3.05) is 13.1 Å². The minimum atomic E-state index is 0.653. The van der Waals surface area contributed by atoms with Gasteiger partial charge in [0, 0.05) is 28.0 Å². The molecular weight excluding hydrogens is 340 g/mol. The normalized spacial score (nSPS) is 11.2. The van der Waals surface area contributed by atoms with Gasteiger partial charge in [0.25, 0.3) is 0 Å². The van der Waals surface area contributed by atoms with E-state index in [1.54, 1.807) is 6.20 Å². The van der Waals surface area contributed by atoms with E-state index in [1.807, 2.05) is 18.2 Å². The Kier molecular flexibility index (Phi) is 5.64. The molecule has 1 aromatic carbocycles. The van der Waals surface area contributed by atoms with Crippen LogP contribution in [0.5, 0.6) is 0 Å². The molecule has 0 amide bonds. The van der Waals surface area contributed by atoms with Gasteiger partial charge < -0.3 is 9.73 Å². The zero-order valence-electron chi connectivity index (χ0n) is 11.6. The molecule has 0 aliphatic carbocycles. The van der Waals surface area contributed by atoms with Gasteiger partial charge in [0.2, 0.25) is 0 Å². The summed E-state index contributed by atoms with van der Waals surface area (Å²) >= 11 is 9.42. The van der Waals surface area contributed by atoms with Crippen LogP contribution in [0, 0.1) is 5.92 Å². The first-order chi connectivity index (χ1) is 9.56. The third-order valence-electron chi connectivity index (χ3n) is 2.82. The molecule has 0 atom stereocenters. The van der Waals surface area contributed by atoms with Crippen molar-refractivity contribution in [3.05, 3.63) is 39.8 Å². The predicted molar refractivity (Wildman–Crippen MR) is 86.1 cm³/mol. The molecule has 108 valence electrons. The van der Waals surface area contributed by atoms with Crippen molar-refractivity contribution in [3.63, 3.8) is 0 Å². The molecule has 1 heterocycles. The molecule has 0 unspecified atom stereocenters. The zero-order valence-corrected chi connectivity index (χ0v) is 14.0. The van der Waals surface area contributed by atoms with Crippen LogP contribution in [0.25, 0.3) is 11.3 Å². The summed E-state index contributed by atoms with van der Waals surface area (Å²) in [5.41, 5.74) is 0.961. The summed E-state index contributed by atoms with van der Waals surface area (Å²) in [6, 6.07) is 5.62. The Hall–Kier alpha value is -0.840. The monoisotopic (exact) mass is 356 g/mol. The molecule has 20 heavy (non-hydrogen) atoms. The molecule has 1 N–H and O–H groups in total. The number of hydrogen-bond acceptors (Lipinski definition) is 3. The largest absolute Gasteiger partial charge is 0.441 e. The van der Waals surface area contributed by atoms with E-state index in [0.717, 1.165) is 41.2 Å². The molecule has 2 rings (SSSR count). The highest BCUT2D eigenvalue weighted by atomic mass is 79.9. The van der Waals surface area contributed by atoms with Crippen molar-refractivity contribution in [2.24, 2.45) is 5.92 Å². The summed E-state index contributed by atoms with van der Waals surface area (Å²) in [6.45, 7) is 6.26. The van der Waals surface area contributed by atoms with Gasteiger partial charge in [-0.05, 0) is 46.6 Å². The Morgan fingerprint density at radius 2 is 2.20 bits per heavy atom. The lowest BCUT2D eigenvalue weighted by molar-refractivity contribution is 0.483. The van der Waals surface area contributed by atoms with Crippen molar-refractivity contribution < 1.29 is 4.42 Å². The lowest BCUT2D eigenvalue weighted by Gasteiger charge is -2.05. The van der Waals surface area contributed by atoms with Crippen LogP contribution >= 0.6 is 27.5 Å². The molecule has 0 fully saturated rings. The molecule has 0 bridgehead atoms. The van der Waals surface area contributed by atoms with Crippen molar-refractivity contribution in [3.8, 4) is 11.3 Å². The van der Waals surface area contributed by atoms with E-state index in [1.165, 1.54) is 0 Å². The van der Waals surface area contributed by atoms with E-state index in [-0.39, 0.29) is 0 Å². The van der Waals surface area contributed by atoms with E-state index in [4.69, 9.17) is 16.0 Å². The van der Waals surface area contributed by atoms with Crippen molar-refractivity contribution in [1.29, 1.82) is 0 Å². The lowest BCUT2D eigenvalue weighted by Crippen LogP contribution is -2.22. The second-order valence-corrected chi connectivity index (χ2v) is 6.38. The SMILES string of the molecule is CC(C)CNCCc1ncc(-c2ccc(Cl)cc2Br)o1. The second kappa shape index (κ2) is 7.25. The van der Waals surface area contributed by atoms with Crippen molar-refractivity contribution in [1.82, 2.24) is 10.3 Å². The molecule has 5 heteroatoms. The van der Waals surface area contributed by atoms with E-state index in [2.05, 4.69) is 40.1 Å². The number of hydrogen-bond donors (Lipinski definition) is 1. The van der Waals surface area contributed by atoms with E-state index >= 15 is 0 Å². The van der Waals surface area contributed by atoms with Crippen LogP contribution in [0.3, 0.4) is 0 Å². The van der Waals surface area contributed by atoms with Gasteiger partial charge in [-0.2, -0.15) is 0 Å². The van der Waals surface area contributed by atoms with Crippen LogP contribution in [-0.2, 0) is 6.42 Å². The predicted octanol–water partition coefficient (Wildman–Crippen LogP) is 4.55. The van der Waals surface area contributed by atoms with Crippen LogP contribution in [0.2, 0.25) is 5.02 Å². The number of halogens is 2. The Morgan fingerprint density at radius 1 is 1.40 bits per heavy atom. The van der Waals surface area contributed by atoms with E-state index in [0.29, 0.717) is 10.9 Å². The van der Waals surface area contributed by atoms with Crippen LogP contribution in [0.4, 0.5) is 0 Å². The third kappa shape index (κ3) is 4.33. The second-order valence-electron chi connectivity index (χ2n) is 5.09. The fourth-order valence-electron chi connectivity index (χ4n) is 1.83. The summed E-state index contributed by atoms with van der Waals surface area (Å²) < 4.78 is 6.68. The zero-order chi connectivity index (χ0) is 14.5. The van der Waals surface area contributed by atoms with Gasteiger partial charge in [-0.15, -0.1) is 0 Å². The Morgan fingerprint density at radius 3 is 2.90 bits per heavy atom. The highest BCUT2D eigenvalue weighted by Crippen LogP contribution is 2.31. The Balaban J connectivity index is 1.98. The quantitative estimate of drug-likeness (QED) is 0.771. The first-order valence-corrected chi connectivity index (χ1v) is 7.84. The fraction of sp³-hybridized carbons (Fsp3) is 0.400. The van der Waals surface area contributed by atoms with Gasteiger partial charge in [0.15, 0.2) is 11.7 Å². The highest BCUT2D eigenvalue weighted by molar-refractivity contribution is 9.10. The summed E-state index contributed by atoms with van der Waals surface area (Å²) in [6.07, 6.45) is 2.55. The van der Waals surface area contributed by atoms with Crippen LogP contribution in [0.15, 0.2) is 33.3 Å². The van der Waals surface area contributed by atoms with Crippen LogP contribution < -0.4 is 5.32 Å². The summed E-state index contributed by atoms with van der Waals surface area (Å²) in [5, 5.41) is 4.07. The van der Waals surface area contributed by atoms with Crippen molar-refractivity contribution >= 4 is 27.5 Å². The fourth-order valence-corrected chi connectivity index (χ4v) is 2.70. The van der Waals surface area contributed by atoms with E-state index < -0.39 is 0 Å². The standard InChI is InChI=1S/C15H18BrClN2O/c1-10(2)8-18-6-5-15-19-9-14(20-15)12-4-3-11(17)7-13(12)16/h3-4,7,9-10,18H,5-6,8H2,1-2H3. The minimum absolute atomic E-state index is 0.653. The first kappa shape index (κ1) is 15.5. The van der Waals surface area contributed by atoms with E-state index in [9.17, 15) is 0 Å². The highest BCUT2D eigenvalue weighted by Gasteiger charge is 2.10. The number of oxazole rings is 1. The molecule has 2 aromatic rings. The smallest absolute Gasteiger partial charge is 0.196 e. The van der Waals surface area contributed by atoms with Crippen LogP contribution in [-0.4, -0.2) is 18.1 Å². The molecule has 3 nitrogen and oxygen atoms in total. The average Bonchev–Trinajstić information content (AvgIpc) is 2.83. The third-order valence-corrected chi connectivity index (χ3v) is 3.71. The molecule has 0 aliphatic rings. The molecular formula is C15H18BrClN2O. The number of rotatable bonds is 6. The Labute approximate surface area is 132 Å². The van der Waals surface area contributed by atoms with Gasteiger partial charge in [0.1, 0.15) is 0 Å². The van der Waals surface area contributed by atoms with Gasteiger partial charge in [0.05, 0.1) is 6.20 Å². The molecule has 0 radical (unpaired) electrons. The van der Waals surface area contributed by atoms with Gasteiger partial charge in [-0.3, -0.25) is 0 Å². The first-order valence-electron chi connectivity index (χ1n) is 6.67. The number of benzene rings is 1. The number of nitrogens with one attached hydrogen (secondary N) is 1. The van der Waals surface area contributed by atoms with Gasteiger partial charge in [-0.25, -0.2) is 4.98 Å². The summed E-state index contributed by atoms with van der Waals surface area (Å²) in [4.78, 5) is 4.31. The molecule has 0 saturated carbocycles. The molecule has 1 aromatic heterocycles. The average molecular weight is 358 g/mol. The maximum Gasteiger partial charge on any atom is 0.196 e. The topological polar surface area (TPSA) is 38.1 Å². The molecule has 0 aliphatic heterocycles. The van der Waals surface area contributed by atoms with Gasteiger partial charge in [-0.1, -0.05) is 25.4 Å². The maximum atomic E-state index is 5.94. The number of nitrogens with zero attached hydrogens (tertiary/aromatic N) is 1. The minimum Gasteiger partial charge on any atom is -0.441 e. The Bertz CT molecular complexity index is 569. The number of aromatic nitrogens is 1. The summed E-state index contributed by atoms with van der Waals surface area (Å²) in [5.74, 6) is 2.16. The lowest BCUT2D eigenvalue weighted by atomic mass is 10.2. The maximum absolute atomic E-state index is 5.94. The van der Waals surface area contributed by atoms with Crippen LogP contribution in [0.1, 0.15) is 19.7 Å². The van der Waals surface area contributed by atoms with Crippen molar-refractivity contribution in [2.45, 2.75) is 20.3 Å². The summed E-state index contributed by atoms with van der Waals surface area (Å²) in [7, 11) is 0. The van der Waals surface area contributed by atoms with Gasteiger partial charge >= 0.3 is 0 Å².